The van der Waals surface area contributed by atoms with Crippen LogP contribution in [0.4, 0.5) is 0 Å². The van der Waals surface area contributed by atoms with E-state index in [0.29, 0.717) is 6.61 Å². The van der Waals surface area contributed by atoms with Gasteiger partial charge in [-0.2, -0.15) is 0 Å². The number of esters is 1. The number of oxime groups is 1. The Morgan fingerprint density at radius 3 is 2.70 bits per heavy atom. The fourth-order valence-corrected chi connectivity index (χ4v) is 0.567. The molecule has 0 spiro atoms. The molecular weight excluding hydrogens is 202 g/mol. The maximum absolute atomic E-state index is 10.7. The van der Waals surface area contributed by atoms with Crippen LogP contribution in [0.5, 0.6) is 0 Å². The van der Waals surface area contributed by atoms with Crippen LogP contribution in [0.15, 0.2) is 5.16 Å². The molecule has 0 aromatic rings. The molecule has 0 N–H and O–H groups in total. The molecule has 0 saturated heterocycles. The van der Waals surface area contributed by atoms with Gasteiger partial charge in [0, 0.05) is 0 Å². The minimum atomic E-state index is -0.524. The summed E-state index contributed by atoms with van der Waals surface area (Å²) in [6.45, 7) is 2.04. The van der Waals surface area contributed by atoms with Crippen molar-refractivity contribution in [1.82, 2.24) is 0 Å². The Bertz CT molecular complexity index is 146. The van der Waals surface area contributed by atoms with Gasteiger partial charge in [-0.25, -0.2) is 4.79 Å². The summed E-state index contributed by atoms with van der Waals surface area (Å²) in [5.41, 5.74) is 0. The highest BCUT2D eigenvalue weighted by Gasteiger charge is 2.07. The molecule has 0 bridgehead atoms. The van der Waals surface area contributed by atoms with E-state index in [9.17, 15) is 4.79 Å². The van der Waals surface area contributed by atoms with Gasteiger partial charge < -0.3 is 9.57 Å². The Morgan fingerprint density at radius 1 is 1.70 bits per heavy atom. The molecular formula is C5H8BrNO3. The maximum atomic E-state index is 10.7. The van der Waals surface area contributed by atoms with Crippen molar-refractivity contribution in [2.45, 2.75) is 6.92 Å². The van der Waals surface area contributed by atoms with E-state index in [1.165, 1.54) is 7.11 Å². The van der Waals surface area contributed by atoms with E-state index in [1.807, 2.05) is 0 Å². The molecule has 0 fully saturated rings. The lowest BCUT2D eigenvalue weighted by molar-refractivity contribution is -0.134. The molecule has 0 unspecified atom stereocenters. The van der Waals surface area contributed by atoms with Crippen LogP contribution in [0.25, 0.3) is 0 Å². The number of nitrogens with zero attached hydrogens (tertiary/aromatic N) is 1. The van der Waals surface area contributed by atoms with Crippen molar-refractivity contribution < 1.29 is 14.4 Å². The summed E-state index contributed by atoms with van der Waals surface area (Å²) in [7, 11) is 1.35. The summed E-state index contributed by atoms with van der Waals surface area (Å²) in [5, 5.41) is 3.30. The number of carbonyl (C=O) groups excluding carboxylic acids is 1. The molecule has 0 rings (SSSR count). The topological polar surface area (TPSA) is 47.9 Å². The first-order chi connectivity index (χ1) is 4.72. The van der Waals surface area contributed by atoms with Crippen LogP contribution in [0, 0.1) is 0 Å². The van der Waals surface area contributed by atoms with E-state index in [4.69, 9.17) is 0 Å². The maximum Gasteiger partial charge on any atom is 0.367 e. The smallest absolute Gasteiger partial charge is 0.367 e. The fraction of sp³-hybridized carbons (Fsp3) is 0.600. The van der Waals surface area contributed by atoms with Crippen LogP contribution < -0.4 is 0 Å². The molecule has 0 aromatic carbocycles. The second-order valence-corrected chi connectivity index (χ2v) is 2.04. The number of carbonyl (C=O) groups is 1. The second-order valence-electron chi connectivity index (χ2n) is 1.29. The number of hydrogen-bond acceptors (Lipinski definition) is 4. The molecule has 0 amide bonds. The van der Waals surface area contributed by atoms with Crippen LogP contribution in [-0.2, 0) is 14.4 Å². The average Bonchev–Trinajstić information content (AvgIpc) is 1.89. The van der Waals surface area contributed by atoms with Crippen molar-refractivity contribution in [3.63, 3.8) is 0 Å². The Labute approximate surface area is 67.3 Å². The lowest BCUT2D eigenvalue weighted by Gasteiger charge is -1.96. The van der Waals surface area contributed by atoms with Crippen molar-refractivity contribution in [2.75, 3.05) is 13.7 Å². The van der Waals surface area contributed by atoms with Crippen molar-refractivity contribution in [3.05, 3.63) is 0 Å². The average molecular weight is 210 g/mol. The van der Waals surface area contributed by atoms with Crippen molar-refractivity contribution in [2.24, 2.45) is 5.16 Å². The molecule has 0 aliphatic heterocycles. The molecule has 0 aliphatic carbocycles. The molecule has 0 aliphatic rings. The third-order valence-electron chi connectivity index (χ3n) is 0.615. The highest BCUT2D eigenvalue weighted by atomic mass is 79.9. The summed E-state index contributed by atoms with van der Waals surface area (Å²) in [6, 6.07) is 0. The first-order valence-corrected chi connectivity index (χ1v) is 3.45. The van der Waals surface area contributed by atoms with Crippen LogP contribution in [0.2, 0.25) is 0 Å². The molecule has 0 radical (unpaired) electrons. The predicted octanol–water partition coefficient (Wildman–Crippen LogP) is 0.904. The van der Waals surface area contributed by atoms with Gasteiger partial charge in [-0.05, 0) is 22.9 Å². The van der Waals surface area contributed by atoms with Gasteiger partial charge in [0.05, 0.1) is 6.61 Å². The van der Waals surface area contributed by atoms with Crippen molar-refractivity contribution in [1.29, 1.82) is 0 Å². The second kappa shape index (κ2) is 5.22. The Hall–Kier alpha value is -0.580. The SMILES string of the molecule is CCOC(=O)/C(Br)=N\OC. The molecule has 5 heteroatoms. The monoisotopic (exact) mass is 209 g/mol. The van der Waals surface area contributed by atoms with Crippen molar-refractivity contribution in [3.8, 4) is 0 Å². The third kappa shape index (κ3) is 3.45. The van der Waals surface area contributed by atoms with Gasteiger partial charge >= 0.3 is 5.97 Å². The number of ether oxygens (including phenoxy) is 1. The molecule has 0 atom stereocenters. The van der Waals surface area contributed by atoms with Gasteiger partial charge in [-0.1, -0.05) is 5.16 Å². The molecule has 0 saturated carbocycles. The van der Waals surface area contributed by atoms with Crippen LogP contribution in [0.1, 0.15) is 6.92 Å². The zero-order valence-electron chi connectivity index (χ0n) is 5.76. The largest absolute Gasteiger partial charge is 0.461 e. The van der Waals surface area contributed by atoms with Gasteiger partial charge in [-0.3, -0.25) is 0 Å². The summed E-state index contributed by atoms with van der Waals surface area (Å²) < 4.78 is 4.60. The quantitative estimate of drug-likeness (QED) is 0.395. The van der Waals surface area contributed by atoms with Gasteiger partial charge in [0.15, 0.2) is 0 Å². The standard InChI is InChI=1S/C5H8BrNO3/c1-3-10-5(8)4(6)7-9-2/h3H2,1-2H3/b7-4+. The van der Waals surface area contributed by atoms with E-state index < -0.39 is 5.97 Å². The number of rotatable bonds is 3. The van der Waals surface area contributed by atoms with E-state index in [0.717, 1.165) is 0 Å². The highest BCUT2D eigenvalue weighted by Crippen LogP contribution is 1.93. The van der Waals surface area contributed by atoms with Crippen LogP contribution >= 0.6 is 15.9 Å². The molecule has 10 heavy (non-hydrogen) atoms. The fourth-order valence-electron chi connectivity index (χ4n) is 0.308. The van der Waals surface area contributed by atoms with Crippen LogP contribution in [-0.4, -0.2) is 24.3 Å². The Morgan fingerprint density at radius 2 is 2.30 bits per heavy atom. The van der Waals surface area contributed by atoms with Gasteiger partial charge in [-0.15, -0.1) is 0 Å². The lowest BCUT2D eigenvalue weighted by Crippen LogP contribution is -2.11. The lowest BCUT2D eigenvalue weighted by atomic mass is 10.7. The van der Waals surface area contributed by atoms with Gasteiger partial charge in [0.1, 0.15) is 7.11 Å². The Kier molecular flexibility index (Phi) is 4.92. The summed E-state index contributed by atoms with van der Waals surface area (Å²) in [4.78, 5) is 15.0. The minimum Gasteiger partial charge on any atom is -0.461 e. The van der Waals surface area contributed by atoms with Crippen molar-refractivity contribution >= 4 is 26.5 Å². The summed E-state index contributed by atoms with van der Waals surface area (Å²) in [5.74, 6) is -0.524. The highest BCUT2D eigenvalue weighted by molar-refractivity contribution is 9.19. The zero-order valence-corrected chi connectivity index (χ0v) is 7.34. The molecule has 4 nitrogen and oxygen atoms in total. The van der Waals surface area contributed by atoms with E-state index in [2.05, 4.69) is 30.7 Å². The molecule has 58 valence electrons. The third-order valence-corrected chi connectivity index (χ3v) is 1.08. The minimum absolute atomic E-state index is 0.0388. The normalized spacial score (nSPS) is 10.9. The van der Waals surface area contributed by atoms with Gasteiger partial charge in [0.25, 0.3) is 0 Å². The first-order valence-electron chi connectivity index (χ1n) is 2.66. The predicted molar refractivity (Wildman–Crippen MR) is 40.0 cm³/mol. The number of halogens is 1. The van der Waals surface area contributed by atoms with Gasteiger partial charge in [0.2, 0.25) is 4.62 Å². The Balaban J connectivity index is 3.82. The van der Waals surface area contributed by atoms with E-state index in [1.54, 1.807) is 6.92 Å². The molecule has 0 heterocycles. The molecule has 0 aromatic heterocycles. The first kappa shape index (κ1) is 9.42. The van der Waals surface area contributed by atoms with E-state index in [-0.39, 0.29) is 4.62 Å². The zero-order chi connectivity index (χ0) is 7.98. The van der Waals surface area contributed by atoms with Crippen LogP contribution in [0.3, 0.4) is 0 Å². The van der Waals surface area contributed by atoms with E-state index >= 15 is 0 Å². The number of hydrogen-bond donors (Lipinski definition) is 0. The summed E-state index contributed by atoms with van der Waals surface area (Å²) >= 11 is 2.85. The summed E-state index contributed by atoms with van der Waals surface area (Å²) in [6.07, 6.45) is 0.